The summed E-state index contributed by atoms with van der Waals surface area (Å²) in [4.78, 5) is 38.2. The molecular weight excluding hydrogens is 456 g/mol. The van der Waals surface area contributed by atoms with E-state index < -0.39 is 6.09 Å². The van der Waals surface area contributed by atoms with Gasteiger partial charge in [0.05, 0.1) is 26.7 Å². The number of hydrogen-bond donors (Lipinski definition) is 2. The highest BCUT2D eigenvalue weighted by molar-refractivity contribution is 5.85. The molecule has 1 unspecified atom stereocenters. The van der Waals surface area contributed by atoms with Crippen LogP contribution in [0.25, 0.3) is 0 Å². The molecule has 1 fully saturated rings. The van der Waals surface area contributed by atoms with E-state index in [-0.39, 0.29) is 37.4 Å². The summed E-state index contributed by atoms with van der Waals surface area (Å²) in [6, 6.07) is 19.6. The Balaban J connectivity index is 0.00000408. The fraction of sp³-hybridized carbons (Fsp3) is 0.400. The molecule has 1 aliphatic heterocycles. The molecule has 8 nitrogen and oxygen atoms in total. The van der Waals surface area contributed by atoms with Gasteiger partial charge in [0.1, 0.15) is 13.2 Å². The van der Waals surface area contributed by atoms with E-state index in [9.17, 15) is 14.4 Å². The van der Waals surface area contributed by atoms with Crippen LogP contribution in [0.2, 0.25) is 0 Å². The number of carbonyl (C=O) groups excluding carboxylic acids is 3. The van der Waals surface area contributed by atoms with Crippen LogP contribution in [0.3, 0.4) is 0 Å². The molecule has 0 spiro atoms. The normalized spacial score (nSPS) is 17.4. The molecular formula is C25H33ClN4O4. The number of hydrogen-bond acceptors (Lipinski definition) is 4. The van der Waals surface area contributed by atoms with Crippen LogP contribution in [-0.4, -0.2) is 73.6 Å². The largest absolute Gasteiger partial charge is 1.00 e. The molecule has 0 bridgehead atoms. The summed E-state index contributed by atoms with van der Waals surface area (Å²) < 4.78 is 5.79. The number of nitrogens with one attached hydrogen (secondary N) is 2. The Morgan fingerprint density at radius 2 is 1.59 bits per heavy atom. The zero-order valence-electron chi connectivity index (χ0n) is 19.5. The highest BCUT2D eigenvalue weighted by Crippen LogP contribution is 2.16. The summed E-state index contributed by atoms with van der Waals surface area (Å²) in [5.74, 6) is -0.188. The van der Waals surface area contributed by atoms with Gasteiger partial charge in [0, 0.05) is 18.7 Å². The van der Waals surface area contributed by atoms with Gasteiger partial charge in [-0.3, -0.25) is 9.59 Å². The summed E-state index contributed by atoms with van der Waals surface area (Å²) in [6.45, 7) is 3.65. The van der Waals surface area contributed by atoms with Crippen molar-refractivity contribution in [3.8, 4) is 0 Å². The van der Waals surface area contributed by atoms with Crippen molar-refractivity contribution < 1.29 is 36.0 Å². The molecule has 34 heavy (non-hydrogen) atoms. The van der Waals surface area contributed by atoms with Crippen molar-refractivity contribution in [1.29, 1.82) is 0 Å². The first-order valence-corrected chi connectivity index (χ1v) is 11.3. The highest BCUT2D eigenvalue weighted by Gasteiger charge is 2.35. The molecule has 1 saturated heterocycles. The van der Waals surface area contributed by atoms with Crippen LogP contribution in [0, 0.1) is 0 Å². The van der Waals surface area contributed by atoms with Gasteiger partial charge in [0.15, 0.2) is 6.54 Å². The zero-order valence-corrected chi connectivity index (χ0v) is 20.3. The van der Waals surface area contributed by atoms with E-state index in [4.69, 9.17) is 4.74 Å². The van der Waals surface area contributed by atoms with Crippen molar-refractivity contribution in [1.82, 2.24) is 15.5 Å². The molecule has 184 valence electrons. The second-order valence-electron chi connectivity index (χ2n) is 8.65. The molecule has 9 heteroatoms. The van der Waals surface area contributed by atoms with Crippen molar-refractivity contribution in [3.63, 3.8) is 0 Å². The summed E-state index contributed by atoms with van der Waals surface area (Å²) >= 11 is 0. The van der Waals surface area contributed by atoms with Crippen LogP contribution in [0.5, 0.6) is 0 Å². The average molecular weight is 489 g/mol. The van der Waals surface area contributed by atoms with Crippen LogP contribution >= 0.6 is 0 Å². The molecule has 0 radical (unpaired) electrons. The molecule has 2 N–H and O–H groups in total. The lowest BCUT2D eigenvalue weighted by Crippen LogP contribution is -3.00. The summed E-state index contributed by atoms with van der Waals surface area (Å²) in [7, 11) is 2.08. The maximum atomic E-state index is 12.6. The number of likely N-dealkylation sites (N-methyl/N-ethyl adjacent to an activating group) is 1. The number of quaternary nitrogens is 1. The Hall–Kier alpha value is -3.10. The molecule has 1 atom stereocenters. The SMILES string of the molecule is C[N+]1(Cc2ccccc2)CCN(CC(=O)NCCCNC(=O)OCc2ccccc2)C(=O)C1.[Cl-]. The van der Waals surface area contributed by atoms with E-state index in [1.165, 1.54) is 5.56 Å². The molecule has 0 aliphatic carbocycles. The van der Waals surface area contributed by atoms with Gasteiger partial charge >= 0.3 is 6.09 Å². The second kappa shape index (κ2) is 13.6. The van der Waals surface area contributed by atoms with Crippen molar-refractivity contribution in [2.75, 3.05) is 46.3 Å². The Labute approximate surface area is 207 Å². The van der Waals surface area contributed by atoms with Gasteiger partial charge < -0.3 is 37.2 Å². The lowest BCUT2D eigenvalue weighted by Gasteiger charge is -2.41. The Morgan fingerprint density at radius 3 is 2.24 bits per heavy atom. The minimum Gasteiger partial charge on any atom is -1.00 e. The molecule has 0 saturated carbocycles. The van der Waals surface area contributed by atoms with Gasteiger partial charge in [-0.2, -0.15) is 0 Å². The monoisotopic (exact) mass is 488 g/mol. The number of benzene rings is 2. The van der Waals surface area contributed by atoms with E-state index in [0.29, 0.717) is 37.1 Å². The van der Waals surface area contributed by atoms with E-state index in [0.717, 1.165) is 18.7 Å². The Bertz CT molecular complexity index is 929. The van der Waals surface area contributed by atoms with Gasteiger partial charge in [0.2, 0.25) is 5.91 Å². The van der Waals surface area contributed by atoms with Crippen molar-refractivity contribution in [2.45, 2.75) is 19.6 Å². The maximum Gasteiger partial charge on any atom is 0.407 e. The van der Waals surface area contributed by atoms with Crippen LogP contribution in [-0.2, 0) is 27.5 Å². The van der Waals surface area contributed by atoms with Gasteiger partial charge in [-0.05, 0) is 12.0 Å². The van der Waals surface area contributed by atoms with Crippen LogP contribution in [0.4, 0.5) is 4.79 Å². The Kier molecular flexibility index (Phi) is 10.8. The number of nitrogens with zero attached hydrogens (tertiary/aromatic N) is 2. The number of rotatable bonds is 10. The third-order valence-electron chi connectivity index (χ3n) is 5.68. The number of alkyl carbamates (subject to hydrolysis) is 1. The molecule has 2 aromatic carbocycles. The zero-order chi connectivity index (χ0) is 23.5. The van der Waals surface area contributed by atoms with Gasteiger partial charge in [-0.25, -0.2) is 4.79 Å². The second-order valence-corrected chi connectivity index (χ2v) is 8.65. The van der Waals surface area contributed by atoms with E-state index in [1.54, 1.807) is 4.90 Å². The van der Waals surface area contributed by atoms with E-state index >= 15 is 0 Å². The standard InChI is InChI=1S/C25H32N4O4.ClH/c1-29(18-21-9-4-2-5-10-21)16-15-28(24(31)19-29)17-23(30)26-13-8-14-27-25(32)33-20-22-11-6-3-7-12-22;/h2-7,9-12H,8,13-20H2,1H3,(H-,26,27,30,32);1H. The number of carbonyl (C=O) groups is 3. The Morgan fingerprint density at radius 1 is 0.971 bits per heavy atom. The molecule has 3 amide bonds. The van der Waals surface area contributed by atoms with E-state index in [1.807, 2.05) is 48.5 Å². The molecule has 1 heterocycles. The van der Waals surface area contributed by atoms with Gasteiger partial charge in [0.25, 0.3) is 5.91 Å². The third-order valence-corrected chi connectivity index (χ3v) is 5.68. The van der Waals surface area contributed by atoms with Crippen molar-refractivity contribution in [3.05, 3.63) is 71.8 Å². The minimum absolute atomic E-state index is 0. The predicted octanol–water partition coefficient (Wildman–Crippen LogP) is -1.09. The van der Waals surface area contributed by atoms with Crippen LogP contribution in [0.1, 0.15) is 17.5 Å². The molecule has 3 rings (SSSR count). The van der Waals surface area contributed by atoms with Crippen LogP contribution in [0.15, 0.2) is 60.7 Å². The highest BCUT2D eigenvalue weighted by atomic mass is 35.5. The van der Waals surface area contributed by atoms with Crippen LogP contribution < -0.4 is 23.0 Å². The maximum absolute atomic E-state index is 12.6. The molecule has 0 aromatic heterocycles. The minimum atomic E-state index is -0.485. The fourth-order valence-corrected chi connectivity index (χ4v) is 3.83. The first-order valence-electron chi connectivity index (χ1n) is 11.3. The topological polar surface area (TPSA) is 87.7 Å². The summed E-state index contributed by atoms with van der Waals surface area (Å²) in [5, 5.41) is 5.48. The van der Waals surface area contributed by atoms with E-state index in [2.05, 4.69) is 29.8 Å². The van der Waals surface area contributed by atoms with Gasteiger partial charge in [-0.15, -0.1) is 0 Å². The fourth-order valence-electron chi connectivity index (χ4n) is 3.83. The summed E-state index contributed by atoms with van der Waals surface area (Å²) in [5.41, 5.74) is 2.13. The van der Waals surface area contributed by atoms with Gasteiger partial charge in [-0.1, -0.05) is 60.7 Å². The lowest BCUT2D eigenvalue weighted by atomic mass is 10.1. The predicted molar refractivity (Wildman–Crippen MR) is 125 cm³/mol. The van der Waals surface area contributed by atoms with Crippen molar-refractivity contribution in [2.24, 2.45) is 0 Å². The quantitative estimate of drug-likeness (QED) is 0.329. The molecule has 2 aromatic rings. The lowest BCUT2D eigenvalue weighted by molar-refractivity contribution is -0.917. The smallest absolute Gasteiger partial charge is 0.407 e. The number of amides is 3. The number of halogens is 1. The third kappa shape index (κ3) is 9.03. The molecule has 1 aliphatic rings. The first kappa shape index (κ1) is 27.1. The number of ether oxygens (including phenoxy) is 1. The first-order chi connectivity index (χ1) is 15.9. The summed E-state index contributed by atoms with van der Waals surface area (Å²) in [6.07, 6.45) is 0.0902. The average Bonchev–Trinajstić information content (AvgIpc) is 2.80. The number of piperazine rings is 1. The van der Waals surface area contributed by atoms with Crippen molar-refractivity contribution >= 4 is 17.9 Å².